The van der Waals surface area contributed by atoms with Crippen LogP contribution in [0.1, 0.15) is 5.56 Å². The lowest BCUT2D eigenvalue weighted by Gasteiger charge is -2.32. The number of likely N-dealkylation sites (N-methyl/N-ethyl adjacent to an activating group) is 1. The summed E-state index contributed by atoms with van der Waals surface area (Å²) in [6.07, 6.45) is 0. The smallest absolute Gasteiger partial charge is 0.242 e. The molecule has 0 spiro atoms. The van der Waals surface area contributed by atoms with E-state index in [1.54, 1.807) is 12.1 Å². The second-order valence-corrected chi connectivity index (χ2v) is 5.41. The van der Waals surface area contributed by atoms with Crippen LogP contribution in [0.2, 0.25) is 0 Å². The van der Waals surface area contributed by atoms with Gasteiger partial charge in [0.05, 0.1) is 5.39 Å². The Morgan fingerprint density at radius 2 is 2.00 bits per heavy atom. The molecule has 1 aliphatic heterocycles. The number of rotatable bonds is 2. The molecule has 0 atom stereocenters. The first-order valence-electron chi connectivity index (χ1n) is 7.02. The number of aromatic hydroxyl groups is 1. The molecule has 1 saturated heterocycles. The molecule has 3 N–H and O–H groups in total. The summed E-state index contributed by atoms with van der Waals surface area (Å²) in [4.78, 5) is 16.4. The third kappa shape index (κ3) is 2.48. The van der Waals surface area contributed by atoms with Gasteiger partial charge in [0.15, 0.2) is 0 Å². The van der Waals surface area contributed by atoms with E-state index in [1.807, 2.05) is 18.0 Å². The van der Waals surface area contributed by atoms with Crippen LogP contribution in [-0.2, 0) is 6.54 Å². The zero-order valence-corrected chi connectivity index (χ0v) is 12.0. The largest absolute Gasteiger partial charge is 0.500 e. The first kappa shape index (κ1) is 13.9. The van der Waals surface area contributed by atoms with Crippen LogP contribution in [0, 0.1) is 0 Å². The molecule has 0 unspecified atom stereocenters. The topological polar surface area (TPSA) is 82.9 Å². The Kier molecular flexibility index (Phi) is 3.57. The van der Waals surface area contributed by atoms with Crippen molar-refractivity contribution >= 4 is 16.9 Å². The number of piperazine rings is 1. The molecule has 21 heavy (non-hydrogen) atoms. The van der Waals surface area contributed by atoms with Gasteiger partial charge in [0.25, 0.3) is 0 Å². The fourth-order valence-corrected chi connectivity index (χ4v) is 2.57. The van der Waals surface area contributed by atoms with Crippen molar-refractivity contribution in [3.8, 4) is 5.75 Å². The summed E-state index contributed by atoms with van der Waals surface area (Å²) in [7, 11) is 2.04. The number of anilines is 1. The molecule has 0 saturated carbocycles. The summed E-state index contributed by atoms with van der Waals surface area (Å²) >= 11 is 0. The Bertz CT molecular complexity index is 718. The second-order valence-electron chi connectivity index (χ2n) is 5.41. The highest BCUT2D eigenvalue weighted by Crippen LogP contribution is 2.29. The lowest BCUT2D eigenvalue weighted by molar-refractivity contribution is 0.303. The van der Waals surface area contributed by atoms with Crippen molar-refractivity contribution in [2.45, 2.75) is 6.54 Å². The van der Waals surface area contributed by atoms with Crippen molar-refractivity contribution in [1.82, 2.24) is 4.90 Å². The number of hydrogen-bond acceptors (Lipinski definition) is 6. The lowest BCUT2D eigenvalue weighted by atomic mass is 10.1. The molecule has 1 aliphatic rings. The van der Waals surface area contributed by atoms with Gasteiger partial charge in [0.1, 0.15) is 5.58 Å². The van der Waals surface area contributed by atoms with Crippen LogP contribution >= 0.6 is 0 Å². The van der Waals surface area contributed by atoms with Crippen LogP contribution in [0.4, 0.5) is 5.88 Å². The van der Waals surface area contributed by atoms with E-state index in [2.05, 4.69) is 4.90 Å². The highest BCUT2D eigenvalue weighted by molar-refractivity contribution is 5.81. The average molecular weight is 289 g/mol. The summed E-state index contributed by atoms with van der Waals surface area (Å²) in [6, 6.07) is 5.24. The third-order valence-electron chi connectivity index (χ3n) is 3.94. The minimum Gasteiger partial charge on any atom is -0.500 e. The molecular formula is C15H19N3O3. The molecule has 112 valence electrons. The lowest BCUT2D eigenvalue weighted by Crippen LogP contribution is -2.44. The van der Waals surface area contributed by atoms with E-state index < -0.39 is 5.43 Å². The predicted molar refractivity (Wildman–Crippen MR) is 81.8 cm³/mol. The van der Waals surface area contributed by atoms with Crippen LogP contribution in [0.25, 0.3) is 11.0 Å². The van der Waals surface area contributed by atoms with E-state index in [4.69, 9.17) is 10.2 Å². The summed E-state index contributed by atoms with van der Waals surface area (Å²) in [6.45, 7) is 3.52. The van der Waals surface area contributed by atoms with Gasteiger partial charge in [-0.25, -0.2) is 0 Å². The van der Waals surface area contributed by atoms with Gasteiger partial charge in [0, 0.05) is 32.7 Å². The molecular weight excluding hydrogens is 270 g/mol. The molecule has 6 heteroatoms. The van der Waals surface area contributed by atoms with E-state index in [9.17, 15) is 9.90 Å². The first-order valence-corrected chi connectivity index (χ1v) is 7.02. The van der Waals surface area contributed by atoms with E-state index in [0.29, 0.717) is 17.5 Å². The molecule has 1 aromatic heterocycles. The first-order chi connectivity index (χ1) is 10.1. The van der Waals surface area contributed by atoms with Gasteiger partial charge in [0.2, 0.25) is 17.1 Å². The van der Waals surface area contributed by atoms with Crippen LogP contribution in [0.3, 0.4) is 0 Å². The SMILES string of the molecule is CN1CCN(c2oc3ccc(CN)cc3c(=O)c2O)CC1. The minimum atomic E-state index is -0.402. The van der Waals surface area contributed by atoms with Crippen molar-refractivity contribution < 1.29 is 9.52 Å². The van der Waals surface area contributed by atoms with Crippen LogP contribution < -0.4 is 16.1 Å². The maximum absolute atomic E-state index is 12.3. The van der Waals surface area contributed by atoms with E-state index in [-0.39, 0.29) is 11.6 Å². The van der Waals surface area contributed by atoms with Crippen molar-refractivity contribution in [1.29, 1.82) is 0 Å². The molecule has 3 rings (SSSR count). The zero-order valence-electron chi connectivity index (χ0n) is 12.0. The normalized spacial score (nSPS) is 16.6. The maximum atomic E-state index is 12.3. The van der Waals surface area contributed by atoms with Gasteiger partial charge >= 0.3 is 0 Å². The standard InChI is InChI=1S/C15H19N3O3/c1-17-4-6-18(7-5-17)15-14(20)13(19)11-8-10(9-16)2-3-12(11)21-15/h2-3,8,20H,4-7,9,16H2,1H3. The quantitative estimate of drug-likeness (QED) is 0.847. The average Bonchev–Trinajstić information content (AvgIpc) is 2.51. The summed E-state index contributed by atoms with van der Waals surface area (Å²) in [5.74, 6) is -0.0534. The monoisotopic (exact) mass is 289 g/mol. The molecule has 2 heterocycles. The van der Waals surface area contributed by atoms with E-state index in [0.717, 1.165) is 31.7 Å². The van der Waals surface area contributed by atoms with Gasteiger partial charge in [-0.2, -0.15) is 0 Å². The zero-order chi connectivity index (χ0) is 15.0. The fourth-order valence-electron chi connectivity index (χ4n) is 2.57. The summed E-state index contributed by atoms with van der Waals surface area (Å²) < 4.78 is 5.76. The Morgan fingerprint density at radius 1 is 1.29 bits per heavy atom. The van der Waals surface area contributed by atoms with Crippen LogP contribution in [0.15, 0.2) is 27.4 Å². The molecule has 0 bridgehead atoms. The van der Waals surface area contributed by atoms with Crippen LogP contribution in [-0.4, -0.2) is 43.2 Å². The van der Waals surface area contributed by atoms with Gasteiger partial charge in [-0.05, 0) is 24.7 Å². The Labute approximate surface area is 122 Å². The van der Waals surface area contributed by atoms with E-state index in [1.165, 1.54) is 0 Å². The van der Waals surface area contributed by atoms with Crippen molar-refractivity contribution in [2.75, 3.05) is 38.1 Å². The van der Waals surface area contributed by atoms with E-state index >= 15 is 0 Å². The number of hydrogen-bond donors (Lipinski definition) is 2. The van der Waals surface area contributed by atoms with Gasteiger partial charge in [-0.1, -0.05) is 6.07 Å². The van der Waals surface area contributed by atoms with Gasteiger partial charge < -0.3 is 25.1 Å². The van der Waals surface area contributed by atoms with Crippen LogP contribution in [0.5, 0.6) is 5.75 Å². The fraction of sp³-hybridized carbons (Fsp3) is 0.400. The molecule has 6 nitrogen and oxygen atoms in total. The Hall–Kier alpha value is -2.05. The number of benzene rings is 1. The van der Waals surface area contributed by atoms with Crippen molar-refractivity contribution in [3.05, 3.63) is 34.0 Å². The maximum Gasteiger partial charge on any atom is 0.242 e. The highest BCUT2D eigenvalue weighted by Gasteiger charge is 2.22. The molecule has 1 aromatic carbocycles. The Morgan fingerprint density at radius 3 is 2.67 bits per heavy atom. The van der Waals surface area contributed by atoms with Crippen molar-refractivity contribution in [2.24, 2.45) is 5.73 Å². The highest BCUT2D eigenvalue weighted by atomic mass is 16.4. The number of fused-ring (bicyclic) bond motifs is 1. The molecule has 0 amide bonds. The summed E-state index contributed by atoms with van der Waals surface area (Å²) in [5.41, 5.74) is 6.49. The third-order valence-corrected chi connectivity index (χ3v) is 3.94. The Balaban J connectivity index is 2.08. The number of nitrogens with two attached hydrogens (primary N) is 1. The minimum absolute atomic E-state index is 0.265. The molecule has 2 aromatic rings. The molecule has 0 radical (unpaired) electrons. The second kappa shape index (κ2) is 5.38. The van der Waals surface area contributed by atoms with Gasteiger partial charge in [-0.15, -0.1) is 0 Å². The molecule has 1 fully saturated rings. The van der Waals surface area contributed by atoms with Gasteiger partial charge in [-0.3, -0.25) is 4.79 Å². The number of nitrogens with zero attached hydrogens (tertiary/aromatic N) is 2. The molecule has 0 aliphatic carbocycles. The predicted octanol–water partition coefficient (Wildman–Crippen LogP) is 0.709. The van der Waals surface area contributed by atoms with Crippen molar-refractivity contribution in [3.63, 3.8) is 0 Å². The summed E-state index contributed by atoms with van der Waals surface area (Å²) in [5, 5.41) is 10.6.